The summed E-state index contributed by atoms with van der Waals surface area (Å²) in [7, 11) is 0. The van der Waals surface area contributed by atoms with Crippen LogP contribution in [0.5, 0.6) is 0 Å². The first-order valence-electron chi connectivity index (χ1n) is 9.33. The van der Waals surface area contributed by atoms with Gasteiger partial charge in [0.2, 0.25) is 11.9 Å². The van der Waals surface area contributed by atoms with Crippen molar-refractivity contribution in [2.45, 2.75) is 25.3 Å². The van der Waals surface area contributed by atoms with Gasteiger partial charge in [0.1, 0.15) is 0 Å². The van der Waals surface area contributed by atoms with Crippen LogP contribution in [-0.4, -0.2) is 51.9 Å². The van der Waals surface area contributed by atoms with Crippen molar-refractivity contribution in [2.75, 3.05) is 31.9 Å². The van der Waals surface area contributed by atoms with Crippen LogP contribution in [0.25, 0.3) is 0 Å². The molecule has 2 aliphatic rings. The molecular weight excluding hydrogens is 326 g/mol. The molecule has 1 aliphatic heterocycles. The van der Waals surface area contributed by atoms with E-state index in [1.807, 2.05) is 6.07 Å². The van der Waals surface area contributed by atoms with Crippen molar-refractivity contribution in [3.63, 3.8) is 0 Å². The molecule has 2 aromatic rings. The highest BCUT2D eigenvalue weighted by atomic mass is 16.2. The minimum Gasteiger partial charge on any atom is -0.368 e. The van der Waals surface area contributed by atoms with E-state index in [4.69, 9.17) is 5.73 Å². The molecule has 0 bridgehead atoms. The maximum atomic E-state index is 12.9. The van der Waals surface area contributed by atoms with Crippen molar-refractivity contribution in [2.24, 2.45) is 5.92 Å². The van der Waals surface area contributed by atoms with Gasteiger partial charge in [-0.05, 0) is 24.3 Å². The number of nitrogens with two attached hydrogens (primary N) is 1. The van der Waals surface area contributed by atoms with Crippen LogP contribution in [0.3, 0.4) is 0 Å². The number of nitrogen functional groups attached to an aromatic ring is 1. The zero-order valence-corrected chi connectivity index (χ0v) is 14.9. The summed E-state index contributed by atoms with van der Waals surface area (Å²) in [6.45, 7) is 4.33. The number of amides is 1. The molecule has 6 heteroatoms. The van der Waals surface area contributed by atoms with Gasteiger partial charge in [0, 0.05) is 56.6 Å². The van der Waals surface area contributed by atoms with Crippen LogP contribution in [0, 0.1) is 5.92 Å². The lowest BCUT2D eigenvalue weighted by atomic mass is 10.1. The molecule has 6 nitrogen and oxygen atoms in total. The van der Waals surface area contributed by atoms with Gasteiger partial charge in [-0.15, -0.1) is 0 Å². The Kier molecular flexibility index (Phi) is 4.84. The molecule has 1 aromatic carbocycles. The van der Waals surface area contributed by atoms with Crippen LogP contribution in [0.2, 0.25) is 0 Å². The second kappa shape index (κ2) is 7.41. The number of hydrogen-bond donors (Lipinski definition) is 1. The molecule has 2 fully saturated rings. The predicted octanol–water partition coefficient (Wildman–Crippen LogP) is 1.90. The van der Waals surface area contributed by atoms with E-state index in [1.165, 1.54) is 5.56 Å². The average molecular weight is 351 g/mol. The minimum atomic E-state index is 0.175. The maximum absolute atomic E-state index is 12.9. The van der Waals surface area contributed by atoms with Gasteiger partial charge in [0.25, 0.3) is 0 Å². The molecule has 0 radical (unpaired) electrons. The van der Waals surface area contributed by atoms with Crippen LogP contribution in [0.4, 0.5) is 5.95 Å². The summed E-state index contributed by atoms with van der Waals surface area (Å²) in [5, 5.41) is 0. The molecule has 2 atom stereocenters. The first-order chi connectivity index (χ1) is 12.7. The Labute approximate surface area is 154 Å². The van der Waals surface area contributed by atoms with Gasteiger partial charge in [0.05, 0.1) is 0 Å². The summed E-state index contributed by atoms with van der Waals surface area (Å²) in [6, 6.07) is 10.4. The summed E-state index contributed by atoms with van der Waals surface area (Å²) >= 11 is 0. The molecule has 136 valence electrons. The van der Waals surface area contributed by atoms with E-state index in [-0.39, 0.29) is 5.92 Å². The third-order valence-electron chi connectivity index (χ3n) is 5.37. The lowest BCUT2D eigenvalue weighted by Gasteiger charge is -2.22. The highest BCUT2D eigenvalue weighted by molar-refractivity contribution is 5.83. The number of aromatic nitrogens is 2. The number of rotatable bonds is 4. The molecule has 2 heterocycles. The van der Waals surface area contributed by atoms with Crippen LogP contribution in [-0.2, 0) is 11.3 Å². The maximum Gasteiger partial charge on any atom is 0.226 e. The summed E-state index contributed by atoms with van der Waals surface area (Å²) in [5.74, 6) is 1.22. The van der Waals surface area contributed by atoms with Crippen molar-refractivity contribution in [3.05, 3.63) is 53.9 Å². The largest absolute Gasteiger partial charge is 0.368 e. The molecule has 0 unspecified atom stereocenters. The van der Waals surface area contributed by atoms with Gasteiger partial charge in [0.15, 0.2) is 0 Å². The Hall–Kier alpha value is -2.47. The first kappa shape index (κ1) is 17.0. The van der Waals surface area contributed by atoms with Crippen molar-refractivity contribution in [1.82, 2.24) is 19.8 Å². The Morgan fingerprint density at radius 1 is 1.08 bits per heavy atom. The average Bonchev–Trinajstić information content (AvgIpc) is 3.48. The van der Waals surface area contributed by atoms with E-state index in [9.17, 15) is 4.79 Å². The molecule has 26 heavy (non-hydrogen) atoms. The summed E-state index contributed by atoms with van der Waals surface area (Å²) in [6.07, 6.45) is 5.56. The van der Waals surface area contributed by atoms with E-state index >= 15 is 0 Å². The van der Waals surface area contributed by atoms with E-state index in [1.54, 1.807) is 12.4 Å². The monoisotopic (exact) mass is 351 g/mol. The Bertz CT molecular complexity index is 749. The van der Waals surface area contributed by atoms with Gasteiger partial charge in [-0.2, -0.15) is 0 Å². The summed E-state index contributed by atoms with van der Waals surface area (Å²) in [4.78, 5) is 25.4. The second-order valence-electron chi connectivity index (χ2n) is 7.26. The number of benzene rings is 1. The zero-order valence-electron chi connectivity index (χ0n) is 14.9. The van der Waals surface area contributed by atoms with E-state index in [2.05, 4.69) is 44.0 Å². The third kappa shape index (κ3) is 3.85. The number of anilines is 1. The molecule has 1 aliphatic carbocycles. The lowest BCUT2D eigenvalue weighted by Crippen LogP contribution is -2.36. The SMILES string of the molecule is Nc1ncc(CN2CCCN(C(=O)[C@@H]3C[C@H]3c3ccccc3)CC2)cn1. The van der Waals surface area contributed by atoms with E-state index in [0.717, 1.165) is 51.1 Å². The third-order valence-corrected chi connectivity index (χ3v) is 5.37. The van der Waals surface area contributed by atoms with E-state index < -0.39 is 0 Å². The standard InChI is InChI=1S/C20H25N5O/c21-20-22-12-15(13-23-20)14-24-7-4-8-25(10-9-24)19(26)18-11-17(18)16-5-2-1-3-6-16/h1-3,5-6,12-13,17-18H,4,7-11,14H2,(H2,21,22,23)/t17-,18+/m0/s1. The molecule has 2 N–H and O–H groups in total. The molecule has 1 aromatic heterocycles. The highest BCUT2D eigenvalue weighted by Gasteiger charge is 2.45. The highest BCUT2D eigenvalue weighted by Crippen LogP contribution is 2.48. The fourth-order valence-electron chi connectivity index (χ4n) is 3.83. The molecule has 0 spiro atoms. The summed E-state index contributed by atoms with van der Waals surface area (Å²) < 4.78 is 0. The predicted molar refractivity (Wildman–Crippen MR) is 100 cm³/mol. The van der Waals surface area contributed by atoms with Crippen LogP contribution >= 0.6 is 0 Å². The smallest absolute Gasteiger partial charge is 0.226 e. The van der Waals surface area contributed by atoms with Gasteiger partial charge in [-0.3, -0.25) is 9.69 Å². The Balaban J connectivity index is 1.31. The zero-order chi connectivity index (χ0) is 17.9. The minimum absolute atomic E-state index is 0.175. The van der Waals surface area contributed by atoms with Crippen LogP contribution in [0.1, 0.15) is 29.9 Å². The van der Waals surface area contributed by atoms with Gasteiger partial charge in [-0.25, -0.2) is 9.97 Å². The van der Waals surface area contributed by atoms with Crippen LogP contribution < -0.4 is 5.73 Å². The van der Waals surface area contributed by atoms with Crippen molar-refractivity contribution in [1.29, 1.82) is 0 Å². The molecule has 4 rings (SSSR count). The first-order valence-corrected chi connectivity index (χ1v) is 9.33. The molecule has 1 saturated carbocycles. The van der Waals surface area contributed by atoms with E-state index in [0.29, 0.717) is 17.8 Å². The number of nitrogens with zero attached hydrogens (tertiary/aromatic N) is 4. The van der Waals surface area contributed by atoms with Crippen molar-refractivity contribution >= 4 is 11.9 Å². The summed E-state index contributed by atoms with van der Waals surface area (Å²) in [5.41, 5.74) is 7.90. The second-order valence-corrected chi connectivity index (χ2v) is 7.26. The van der Waals surface area contributed by atoms with Crippen LogP contribution in [0.15, 0.2) is 42.7 Å². The topological polar surface area (TPSA) is 75.3 Å². The molecule has 1 saturated heterocycles. The quantitative estimate of drug-likeness (QED) is 0.910. The number of carbonyl (C=O) groups excluding carboxylic acids is 1. The molecule has 1 amide bonds. The Morgan fingerprint density at radius 3 is 2.62 bits per heavy atom. The fraction of sp³-hybridized carbons (Fsp3) is 0.450. The number of hydrogen-bond acceptors (Lipinski definition) is 5. The van der Waals surface area contributed by atoms with Gasteiger partial charge >= 0.3 is 0 Å². The van der Waals surface area contributed by atoms with Crippen molar-refractivity contribution in [3.8, 4) is 0 Å². The van der Waals surface area contributed by atoms with Gasteiger partial charge in [-0.1, -0.05) is 30.3 Å². The number of carbonyl (C=O) groups is 1. The van der Waals surface area contributed by atoms with Gasteiger partial charge < -0.3 is 10.6 Å². The Morgan fingerprint density at radius 2 is 1.85 bits per heavy atom. The normalized spacial score (nSPS) is 23.5. The lowest BCUT2D eigenvalue weighted by molar-refractivity contribution is -0.132. The molecular formula is C20H25N5O. The van der Waals surface area contributed by atoms with Crippen molar-refractivity contribution < 1.29 is 4.79 Å². The fourth-order valence-corrected chi connectivity index (χ4v) is 3.83.